The van der Waals surface area contributed by atoms with Gasteiger partial charge in [-0.15, -0.1) is 0 Å². The number of rotatable bonds is 3. The van der Waals surface area contributed by atoms with Crippen LogP contribution in [-0.4, -0.2) is 28.0 Å². The molecule has 1 aliphatic rings. The highest BCUT2D eigenvalue weighted by molar-refractivity contribution is 7.71. The second-order valence-electron chi connectivity index (χ2n) is 4.68. The third-order valence-corrected chi connectivity index (χ3v) is 3.59. The number of ether oxygens (including phenoxy) is 1. The van der Waals surface area contributed by atoms with E-state index in [2.05, 4.69) is 28.6 Å². The molecule has 0 radical (unpaired) electrons. The van der Waals surface area contributed by atoms with Gasteiger partial charge in [-0.3, -0.25) is 9.67 Å². The minimum Gasteiger partial charge on any atom is -0.379 e. The molecule has 0 amide bonds. The van der Waals surface area contributed by atoms with E-state index in [-0.39, 0.29) is 6.10 Å². The van der Waals surface area contributed by atoms with Gasteiger partial charge in [-0.05, 0) is 31.5 Å². The van der Waals surface area contributed by atoms with Crippen LogP contribution in [0.1, 0.15) is 50.9 Å². The van der Waals surface area contributed by atoms with Crippen LogP contribution in [0.2, 0.25) is 0 Å². The maximum absolute atomic E-state index is 5.53. The summed E-state index contributed by atoms with van der Waals surface area (Å²) in [5, 5.41) is 7.22. The number of aromatic nitrogens is 3. The fourth-order valence-corrected chi connectivity index (χ4v) is 2.80. The molecule has 4 nitrogen and oxygen atoms in total. The molecule has 2 atom stereocenters. The highest BCUT2D eigenvalue weighted by Gasteiger charge is 2.31. The van der Waals surface area contributed by atoms with Gasteiger partial charge in [-0.25, -0.2) is 0 Å². The van der Waals surface area contributed by atoms with Crippen molar-refractivity contribution < 1.29 is 4.74 Å². The number of nitrogens with zero attached hydrogens (tertiary/aromatic N) is 2. The first-order valence-electron chi connectivity index (χ1n) is 5.84. The Kier molecular flexibility index (Phi) is 3.44. The van der Waals surface area contributed by atoms with Crippen LogP contribution >= 0.6 is 12.2 Å². The van der Waals surface area contributed by atoms with E-state index in [9.17, 15) is 0 Å². The Morgan fingerprint density at radius 1 is 1.50 bits per heavy atom. The van der Waals surface area contributed by atoms with Crippen molar-refractivity contribution in [1.82, 2.24) is 14.8 Å². The van der Waals surface area contributed by atoms with Gasteiger partial charge in [-0.2, -0.15) is 5.10 Å². The summed E-state index contributed by atoms with van der Waals surface area (Å²) in [5.74, 6) is 1.42. The Hall–Kier alpha value is -0.680. The topological polar surface area (TPSA) is 42.8 Å². The van der Waals surface area contributed by atoms with E-state index in [1.165, 1.54) is 6.42 Å². The predicted octanol–water partition coefficient (Wildman–Crippen LogP) is 2.80. The highest BCUT2D eigenvalue weighted by atomic mass is 32.1. The molecule has 0 saturated heterocycles. The van der Waals surface area contributed by atoms with Crippen molar-refractivity contribution >= 4 is 12.2 Å². The second-order valence-corrected chi connectivity index (χ2v) is 5.07. The van der Waals surface area contributed by atoms with Crippen LogP contribution in [-0.2, 0) is 4.74 Å². The van der Waals surface area contributed by atoms with Gasteiger partial charge < -0.3 is 4.74 Å². The molecule has 1 fully saturated rings. The summed E-state index contributed by atoms with van der Waals surface area (Å²) in [5.41, 5.74) is 0. The Balaban J connectivity index is 2.38. The minimum absolute atomic E-state index is 0.279. The Labute approximate surface area is 101 Å². The van der Waals surface area contributed by atoms with E-state index in [0.717, 1.165) is 23.4 Å². The average molecular weight is 241 g/mol. The molecule has 2 unspecified atom stereocenters. The molecule has 0 spiro atoms. The average Bonchev–Trinajstić information content (AvgIpc) is 2.82. The van der Waals surface area contributed by atoms with Gasteiger partial charge in [0.25, 0.3) is 0 Å². The van der Waals surface area contributed by atoms with Crippen molar-refractivity contribution in [1.29, 1.82) is 0 Å². The maximum Gasteiger partial charge on any atom is 0.195 e. The molecular weight excluding hydrogens is 222 g/mol. The largest absolute Gasteiger partial charge is 0.379 e. The van der Waals surface area contributed by atoms with Gasteiger partial charge in [0.1, 0.15) is 5.82 Å². The van der Waals surface area contributed by atoms with Crippen LogP contribution in [0.5, 0.6) is 0 Å². The molecule has 0 aromatic carbocycles. The zero-order valence-corrected chi connectivity index (χ0v) is 10.9. The van der Waals surface area contributed by atoms with Crippen LogP contribution in [0.15, 0.2) is 0 Å². The monoisotopic (exact) mass is 241 g/mol. The minimum atomic E-state index is 0.279. The molecule has 2 rings (SSSR count). The van der Waals surface area contributed by atoms with Crippen molar-refractivity contribution in [3.63, 3.8) is 0 Å². The first kappa shape index (κ1) is 11.8. The summed E-state index contributed by atoms with van der Waals surface area (Å²) in [6, 6.07) is 0.355. The van der Waals surface area contributed by atoms with Gasteiger partial charge in [0.15, 0.2) is 4.77 Å². The molecule has 1 heterocycles. The van der Waals surface area contributed by atoms with Crippen LogP contribution in [0.4, 0.5) is 0 Å². The summed E-state index contributed by atoms with van der Waals surface area (Å²) in [4.78, 5) is 0. The summed E-state index contributed by atoms with van der Waals surface area (Å²) >= 11 is 5.32. The van der Waals surface area contributed by atoms with Crippen molar-refractivity contribution in [2.75, 3.05) is 7.11 Å². The number of hydrogen-bond donors (Lipinski definition) is 1. The highest BCUT2D eigenvalue weighted by Crippen LogP contribution is 2.34. The van der Waals surface area contributed by atoms with E-state index in [1.54, 1.807) is 7.11 Å². The lowest BCUT2D eigenvalue weighted by molar-refractivity contribution is 0.0732. The summed E-state index contributed by atoms with van der Waals surface area (Å²) in [6.45, 7) is 4.27. The van der Waals surface area contributed by atoms with Crippen molar-refractivity contribution in [2.24, 2.45) is 0 Å². The number of aromatic amines is 1. The Morgan fingerprint density at radius 2 is 2.25 bits per heavy atom. The van der Waals surface area contributed by atoms with Gasteiger partial charge in [0, 0.05) is 13.0 Å². The smallest absolute Gasteiger partial charge is 0.195 e. The summed E-state index contributed by atoms with van der Waals surface area (Å²) in [6.07, 6.45) is 3.73. The second kappa shape index (κ2) is 4.67. The fraction of sp³-hybridized carbons (Fsp3) is 0.818. The number of H-pyrrole nitrogens is 1. The van der Waals surface area contributed by atoms with Gasteiger partial charge in [-0.1, -0.05) is 13.8 Å². The van der Waals surface area contributed by atoms with Crippen LogP contribution in [0.25, 0.3) is 0 Å². The van der Waals surface area contributed by atoms with Crippen LogP contribution in [0, 0.1) is 4.77 Å². The first-order chi connectivity index (χ1) is 7.65. The van der Waals surface area contributed by atoms with E-state index in [0.29, 0.717) is 12.0 Å². The SMILES string of the molecule is COC1CCCC1n1c(C(C)C)n[nH]c1=S. The fourth-order valence-electron chi connectivity index (χ4n) is 2.52. The molecular formula is C11H19N3OS. The van der Waals surface area contributed by atoms with E-state index < -0.39 is 0 Å². The van der Waals surface area contributed by atoms with Gasteiger partial charge in [0.2, 0.25) is 0 Å². The van der Waals surface area contributed by atoms with Crippen LogP contribution < -0.4 is 0 Å². The number of hydrogen-bond acceptors (Lipinski definition) is 3. The normalized spacial score (nSPS) is 25.5. The van der Waals surface area contributed by atoms with E-state index >= 15 is 0 Å². The third-order valence-electron chi connectivity index (χ3n) is 3.30. The van der Waals surface area contributed by atoms with E-state index in [4.69, 9.17) is 17.0 Å². The summed E-state index contributed by atoms with van der Waals surface area (Å²) < 4.78 is 8.40. The van der Waals surface area contributed by atoms with E-state index in [1.807, 2.05) is 0 Å². The van der Waals surface area contributed by atoms with Gasteiger partial charge >= 0.3 is 0 Å². The molecule has 1 aromatic rings. The molecule has 0 aliphatic heterocycles. The maximum atomic E-state index is 5.53. The van der Waals surface area contributed by atoms with Crippen molar-refractivity contribution in [2.45, 2.75) is 51.2 Å². The van der Waals surface area contributed by atoms with Crippen molar-refractivity contribution in [3.8, 4) is 0 Å². The van der Waals surface area contributed by atoms with Gasteiger partial charge in [0.05, 0.1) is 12.1 Å². The summed E-state index contributed by atoms with van der Waals surface area (Å²) in [7, 11) is 1.78. The van der Waals surface area contributed by atoms with Crippen LogP contribution in [0.3, 0.4) is 0 Å². The molecule has 1 aliphatic carbocycles. The Morgan fingerprint density at radius 3 is 2.88 bits per heavy atom. The third kappa shape index (κ3) is 1.94. The lowest BCUT2D eigenvalue weighted by Gasteiger charge is -2.22. The molecule has 1 saturated carbocycles. The standard InChI is InChI=1S/C11H19N3OS/c1-7(2)10-12-13-11(16)14(10)8-5-4-6-9(8)15-3/h7-9H,4-6H2,1-3H3,(H,13,16). The quantitative estimate of drug-likeness (QED) is 0.827. The zero-order chi connectivity index (χ0) is 11.7. The lowest BCUT2D eigenvalue weighted by Crippen LogP contribution is -2.22. The Bertz CT molecular complexity index is 410. The first-order valence-corrected chi connectivity index (χ1v) is 6.25. The molecule has 1 N–H and O–H groups in total. The molecule has 1 aromatic heterocycles. The van der Waals surface area contributed by atoms with Crippen molar-refractivity contribution in [3.05, 3.63) is 10.6 Å². The number of nitrogens with one attached hydrogen (secondary N) is 1. The molecule has 5 heteroatoms. The number of methoxy groups -OCH3 is 1. The zero-order valence-electron chi connectivity index (χ0n) is 10.1. The predicted molar refractivity (Wildman–Crippen MR) is 65.2 cm³/mol. The molecule has 0 bridgehead atoms. The molecule has 16 heavy (non-hydrogen) atoms. The molecule has 90 valence electrons. The lowest BCUT2D eigenvalue weighted by atomic mass is 10.1.